The third-order valence-electron chi connectivity index (χ3n) is 4.77. The van der Waals surface area contributed by atoms with Crippen molar-refractivity contribution in [3.8, 4) is 11.4 Å². The molecule has 3 rings (SSSR count). The van der Waals surface area contributed by atoms with Gasteiger partial charge in [-0.05, 0) is 56.1 Å². The summed E-state index contributed by atoms with van der Waals surface area (Å²) in [5.41, 5.74) is 0.846. The van der Waals surface area contributed by atoms with Crippen molar-refractivity contribution < 1.29 is 9.32 Å². The van der Waals surface area contributed by atoms with Crippen LogP contribution in [0.25, 0.3) is 11.4 Å². The van der Waals surface area contributed by atoms with Crippen LogP contribution in [0.1, 0.15) is 32.1 Å². The maximum absolute atomic E-state index is 12.4. The number of hydrogen-bond acceptors (Lipinski definition) is 5. The number of nitrogens with zero attached hydrogens (tertiary/aromatic N) is 3. The Hall–Kier alpha value is -1.92. The van der Waals surface area contributed by atoms with E-state index in [1.165, 1.54) is 0 Å². The van der Waals surface area contributed by atoms with Crippen molar-refractivity contribution in [1.82, 2.24) is 20.4 Å². The quantitative estimate of drug-likeness (QED) is 0.803. The second-order valence-electron chi connectivity index (χ2n) is 6.65. The molecule has 2 heterocycles. The van der Waals surface area contributed by atoms with Gasteiger partial charge < -0.3 is 14.7 Å². The van der Waals surface area contributed by atoms with Crippen LogP contribution >= 0.6 is 11.6 Å². The molecule has 26 heavy (non-hydrogen) atoms. The summed E-state index contributed by atoms with van der Waals surface area (Å²) in [6.45, 7) is 5.85. The standard InChI is InChI=1S/C19H25ClN4O2/c1-2-21-13-14-9-11-24(12-10-14)18(25)8-7-17-22-19(23-26-17)15-3-5-16(20)6-4-15/h3-6,14,21H,2,7-13H2,1H3. The minimum absolute atomic E-state index is 0.165. The molecule has 1 aliphatic heterocycles. The van der Waals surface area contributed by atoms with E-state index in [9.17, 15) is 4.79 Å². The lowest BCUT2D eigenvalue weighted by Gasteiger charge is -2.32. The zero-order valence-corrected chi connectivity index (χ0v) is 15.8. The summed E-state index contributed by atoms with van der Waals surface area (Å²) >= 11 is 5.89. The highest BCUT2D eigenvalue weighted by atomic mass is 35.5. The first-order valence-electron chi connectivity index (χ1n) is 9.22. The van der Waals surface area contributed by atoms with Crippen molar-refractivity contribution in [1.29, 1.82) is 0 Å². The van der Waals surface area contributed by atoms with Crippen molar-refractivity contribution in [3.63, 3.8) is 0 Å². The highest BCUT2D eigenvalue weighted by Crippen LogP contribution is 2.20. The number of aromatic nitrogens is 2. The fourth-order valence-corrected chi connectivity index (χ4v) is 3.31. The molecule has 0 aliphatic carbocycles. The number of hydrogen-bond donors (Lipinski definition) is 1. The second-order valence-corrected chi connectivity index (χ2v) is 7.09. The van der Waals surface area contributed by atoms with Crippen molar-refractivity contribution >= 4 is 17.5 Å². The number of aryl methyl sites for hydroxylation is 1. The first kappa shape index (κ1) is 18.9. The van der Waals surface area contributed by atoms with E-state index in [0.29, 0.717) is 35.5 Å². The van der Waals surface area contributed by atoms with Gasteiger partial charge in [0.15, 0.2) is 0 Å². The summed E-state index contributed by atoms with van der Waals surface area (Å²) in [5, 5.41) is 8.04. The highest BCUT2D eigenvalue weighted by Gasteiger charge is 2.22. The van der Waals surface area contributed by atoms with Crippen molar-refractivity contribution in [3.05, 3.63) is 35.2 Å². The lowest BCUT2D eigenvalue weighted by atomic mass is 9.96. The van der Waals surface area contributed by atoms with Crippen molar-refractivity contribution in [2.75, 3.05) is 26.2 Å². The van der Waals surface area contributed by atoms with Gasteiger partial charge in [0.1, 0.15) is 0 Å². The average Bonchev–Trinajstić information content (AvgIpc) is 3.14. The average molecular weight is 377 g/mol. The molecular formula is C19H25ClN4O2. The molecule has 0 radical (unpaired) electrons. The lowest BCUT2D eigenvalue weighted by molar-refractivity contribution is -0.132. The predicted molar refractivity (Wildman–Crippen MR) is 101 cm³/mol. The van der Waals surface area contributed by atoms with Gasteiger partial charge in [-0.15, -0.1) is 0 Å². The molecule has 1 fully saturated rings. The van der Waals surface area contributed by atoms with Crippen molar-refractivity contribution in [2.45, 2.75) is 32.6 Å². The molecule has 1 aromatic carbocycles. The minimum Gasteiger partial charge on any atom is -0.343 e. The smallest absolute Gasteiger partial charge is 0.227 e. The maximum atomic E-state index is 12.4. The fourth-order valence-electron chi connectivity index (χ4n) is 3.18. The van der Waals surface area contributed by atoms with Gasteiger partial charge in [0.25, 0.3) is 0 Å². The van der Waals surface area contributed by atoms with Crippen LogP contribution in [0.2, 0.25) is 5.02 Å². The Labute approximate surface area is 158 Å². The van der Waals surface area contributed by atoms with E-state index in [4.69, 9.17) is 16.1 Å². The number of likely N-dealkylation sites (tertiary alicyclic amines) is 1. The molecule has 0 saturated carbocycles. The molecule has 0 spiro atoms. The third-order valence-corrected chi connectivity index (χ3v) is 5.03. The molecule has 140 valence electrons. The fraction of sp³-hybridized carbons (Fsp3) is 0.526. The van der Waals surface area contributed by atoms with Gasteiger partial charge in [-0.2, -0.15) is 4.98 Å². The van der Waals surface area contributed by atoms with Crippen LogP contribution in [0.3, 0.4) is 0 Å². The van der Waals surface area contributed by atoms with Crippen LogP contribution in [0.4, 0.5) is 0 Å². The topological polar surface area (TPSA) is 71.3 Å². The first-order chi connectivity index (χ1) is 12.7. The van der Waals surface area contributed by atoms with Crippen LogP contribution in [0, 0.1) is 5.92 Å². The second kappa shape index (κ2) is 9.14. The van der Waals surface area contributed by atoms with Gasteiger partial charge in [0.05, 0.1) is 0 Å². The molecule has 2 aromatic rings. The van der Waals surface area contributed by atoms with Crippen LogP contribution < -0.4 is 5.32 Å². The summed E-state index contributed by atoms with van der Waals surface area (Å²) in [6.07, 6.45) is 3.01. The largest absolute Gasteiger partial charge is 0.343 e. The molecule has 0 bridgehead atoms. The molecule has 1 saturated heterocycles. The Morgan fingerprint density at radius 1 is 1.31 bits per heavy atom. The Morgan fingerprint density at radius 2 is 2.04 bits per heavy atom. The number of rotatable bonds is 7. The molecule has 0 unspecified atom stereocenters. The number of piperidine rings is 1. The lowest BCUT2D eigenvalue weighted by Crippen LogP contribution is -2.40. The number of carbonyl (C=O) groups is 1. The summed E-state index contributed by atoms with van der Waals surface area (Å²) < 4.78 is 5.28. The monoisotopic (exact) mass is 376 g/mol. The van der Waals surface area contributed by atoms with Crippen molar-refractivity contribution in [2.24, 2.45) is 5.92 Å². The van der Waals surface area contributed by atoms with Gasteiger partial charge in [-0.1, -0.05) is 23.7 Å². The van der Waals surface area contributed by atoms with Gasteiger partial charge >= 0.3 is 0 Å². The van der Waals surface area contributed by atoms with E-state index < -0.39 is 0 Å². The van der Waals surface area contributed by atoms with E-state index in [0.717, 1.165) is 44.6 Å². The van der Waals surface area contributed by atoms with Gasteiger partial charge in [-0.3, -0.25) is 4.79 Å². The van der Waals surface area contributed by atoms with E-state index in [-0.39, 0.29) is 5.91 Å². The van der Waals surface area contributed by atoms with Gasteiger partial charge in [-0.25, -0.2) is 0 Å². The van der Waals surface area contributed by atoms with E-state index >= 15 is 0 Å². The minimum atomic E-state index is 0.165. The Balaban J connectivity index is 1.46. The molecule has 1 N–H and O–H groups in total. The van der Waals surface area contributed by atoms with Crippen LogP contribution in [0.5, 0.6) is 0 Å². The van der Waals surface area contributed by atoms with E-state index in [1.807, 2.05) is 17.0 Å². The molecule has 1 amide bonds. The Kier molecular flexibility index (Phi) is 6.63. The predicted octanol–water partition coefficient (Wildman–Crippen LogP) is 3.17. The van der Waals surface area contributed by atoms with Crippen LogP contribution in [-0.4, -0.2) is 47.1 Å². The first-order valence-corrected chi connectivity index (χ1v) is 9.60. The number of benzene rings is 1. The summed E-state index contributed by atoms with van der Waals surface area (Å²) in [7, 11) is 0. The van der Waals surface area contributed by atoms with Crippen LogP contribution in [-0.2, 0) is 11.2 Å². The normalized spacial score (nSPS) is 15.4. The number of carbonyl (C=O) groups excluding carboxylic acids is 1. The molecule has 1 aromatic heterocycles. The zero-order valence-electron chi connectivity index (χ0n) is 15.1. The maximum Gasteiger partial charge on any atom is 0.227 e. The van der Waals surface area contributed by atoms with Gasteiger partial charge in [0.2, 0.25) is 17.6 Å². The number of nitrogens with one attached hydrogen (secondary N) is 1. The molecule has 7 heteroatoms. The molecule has 0 atom stereocenters. The Morgan fingerprint density at radius 3 is 2.73 bits per heavy atom. The summed E-state index contributed by atoms with van der Waals surface area (Å²) in [4.78, 5) is 18.7. The van der Waals surface area contributed by atoms with Gasteiger partial charge in [0, 0.05) is 36.5 Å². The number of amides is 1. The summed E-state index contributed by atoms with van der Waals surface area (Å²) in [6, 6.07) is 7.27. The zero-order chi connectivity index (χ0) is 18.4. The highest BCUT2D eigenvalue weighted by molar-refractivity contribution is 6.30. The SMILES string of the molecule is CCNCC1CCN(C(=O)CCc2nc(-c3ccc(Cl)cc3)no2)CC1. The van der Waals surface area contributed by atoms with Crippen LogP contribution in [0.15, 0.2) is 28.8 Å². The molecular weight excluding hydrogens is 352 g/mol. The van der Waals surface area contributed by atoms with E-state index in [2.05, 4.69) is 22.4 Å². The van der Waals surface area contributed by atoms with E-state index in [1.54, 1.807) is 12.1 Å². The number of halogens is 1. The Bertz CT molecular complexity index is 709. The summed E-state index contributed by atoms with van der Waals surface area (Å²) in [5.74, 6) is 1.86. The molecule has 6 nitrogen and oxygen atoms in total. The third kappa shape index (κ3) is 5.05. The molecule has 1 aliphatic rings.